The van der Waals surface area contributed by atoms with E-state index >= 15 is 0 Å². The van der Waals surface area contributed by atoms with E-state index in [1.807, 2.05) is 28.8 Å². The van der Waals surface area contributed by atoms with Crippen molar-refractivity contribution in [2.45, 2.75) is 17.7 Å². The van der Waals surface area contributed by atoms with Gasteiger partial charge in [0.1, 0.15) is 16.4 Å². The molecular weight excluding hydrogens is 358 g/mol. The number of nitro groups is 1. The molecule has 3 aromatic rings. The SMILES string of the molecule is CS(=O)(=O)c1cccc(NCCCc2nnc3ccccn23)c1[N+](=O)[O-]. The van der Waals surface area contributed by atoms with Crippen LogP contribution in [-0.4, -0.2) is 40.7 Å². The van der Waals surface area contributed by atoms with Gasteiger partial charge in [0.15, 0.2) is 15.5 Å². The van der Waals surface area contributed by atoms with Crippen molar-refractivity contribution in [3.8, 4) is 0 Å². The highest BCUT2D eigenvalue weighted by atomic mass is 32.2. The first-order valence-corrected chi connectivity index (χ1v) is 9.77. The highest BCUT2D eigenvalue weighted by Crippen LogP contribution is 2.31. The van der Waals surface area contributed by atoms with E-state index in [0.29, 0.717) is 19.4 Å². The maximum Gasteiger partial charge on any atom is 0.310 e. The minimum absolute atomic E-state index is 0.184. The van der Waals surface area contributed by atoms with Crippen molar-refractivity contribution < 1.29 is 13.3 Å². The Bertz CT molecular complexity index is 1060. The van der Waals surface area contributed by atoms with E-state index in [1.165, 1.54) is 18.2 Å². The van der Waals surface area contributed by atoms with E-state index in [4.69, 9.17) is 0 Å². The quantitative estimate of drug-likeness (QED) is 0.381. The number of rotatable bonds is 7. The number of nitro benzene ring substituents is 1. The molecule has 3 rings (SSSR count). The molecule has 0 fully saturated rings. The normalized spacial score (nSPS) is 11.6. The van der Waals surface area contributed by atoms with Crippen molar-refractivity contribution in [3.05, 3.63) is 58.5 Å². The Hall–Kier alpha value is -3.01. The summed E-state index contributed by atoms with van der Waals surface area (Å²) >= 11 is 0. The second kappa shape index (κ2) is 7.08. The molecule has 1 N–H and O–H groups in total. The number of para-hydroxylation sites is 1. The van der Waals surface area contributed by atoms with Gasteiger partial charge in [0.25, 0.3) is 0 Å². The van der Waals surface area contributed by atoms with E-state index in [9.17, 15) is 18.5 Å². The first-order valence-electron chi connectivity index (χ1n) is 7.88. The standard InChI is InChI=1S/C16H17N5O4S/c1-26(24,25)13-7-4-6-12(16(13)21(22)23)17-10-5-9-15-19-18-14-8-2-3-11-20(14)15/h2-4,6-8,11,17H,5,9-10H2,1H3. The molecule has 0 aliphatic heterocycles. The molecule has 2 aromatic heterocycles. The summed E-state index contributed by atoms with van der Waals surface area (Å²) in [5.41, 5.74) is 0.513. The zero-order valence-electron chi connectivity index (χ0n) is 14.0. The van der Waals surface area contributed by atoms with Gasteiger partial charge in [-0.3, -0.25) is 14.5 Å². The molecule has 136 valence electrons. The molecule has 2 heterocycles. The van der Waals surface area contributed by atoms with Crippen LogP contribution in [0.1, 0.15) is 12.2 Å². The van der Waals surface area contributed by atoms with Crippen LogP contribution in [-0.2, 0) is 16.3 Å². The Balaban J connectivity index is 1.71. The highest BCUT2D eigenvalue weighted by molar-refractivity contribution is 7.90. The Morgan fingerprint density at radius 2 is 2.00 bits per heavy atom. The molecule has 0 amide bonds. The lowest BCUT2D eigenvalue weighted by Gasteiger charge is -2.09. The van der Waals surface area contributed by atoms with Gasteiger partial charge in [0.2, 0.25) is 0 Å². The molecule has 0 spiro atoms. The molecule has 9 nitrogen and oxygen atoms in total. The van der Waals surface area contributed by atoms with Gasteiger partial charge in [-0.1, -0.05) is 12.1 Å². The van der Waals surface area contributed by atoms with Crippen molar-refractivity contribution in [2.75, 3.05) is 18.1 Å². The number of pyridine rings is 1. The summed E-state index contributed by atoms with van der Waals surface area (Å²) in [7, 11) is -3.69. The average Bonchev–Trinajstić information content (AvgIpc) is 3.01. The Kier molecular flexibility index (Phi) is 4.85. The van der Waals surface area contributed by atoms with E-state index in [0.717, 1.165) is 17.7 Å². The molecule has 0 aliphatic rings. The molecule has 0 atom stereocenters. The molecule has 0 saturated heterocycles. The van der Waals surface area contributed by atoms with Crippen molar-refractivity contribution in [3.63, 3.8) is 0 Å². The highest BCUT2D eigenvalue weighted by Gasteiger charge is 2.25. The zero-order valence-corrected chi connectivity index (χ0v) is 14.8. The van der Waals surface area contributed by atoms with Crippen LogP contribution in [0.3, 0.4) is 0 Å². The van der Waals surface area contributed by atoms with Gasteiger partial charge in [-0.15, -0.1) is 10.2 Å². The van der Waals surface area contributed by atoms with Gasteiger partial charge in [0, 0.05) is 25.4 Å². The van der Waals surface area contributed by atoms with Crippen molar-refractivity contribution >= 4 is 26.9 Å². The number of nitrogens with one attached hydrogen (secondary N) is 1. The number of hydrogen-bond acceptors (Lipinski definition) is 7. The summed E-state index contributed by atoms with van der Waals surface area (Å²) in [6, 6.07) is 9.84. The summed E-state index contributed by atoms with van der Waals surface area (Å²) in [6.07, 6.45) is 4.10. The third kappa shape index (κ3) is 3.64. The van der Waals surface area contributed by atoms with Gasteiger partial charge in [-0.05, 0) is 30.7 Å². The molecule has 0 aliphatic carbocycles. The predicted molar refractivity (Wildman–Crippen MR) is 96.0 cm³/mol. The second-order valence-corrected chi connectivity index (χ2v) is 7.74. The fraction of sp³-hybridized carbons (Fsp3) is 0.250. The summed E-state index contributed by atoms with van der Waals surface area (Å²) in [4.78, 5) is 10.4. The number of fused-ring (bicyclic) bond motifs is 1. The van der Waals surface area contributed by atoms with Crippen LogP contribution in [0, 0.1) is 10.1 Å². The maximum atomic E-state index is 11.8. The smallest absolute Gasteiger partial charge is 0.310 e. The van der Waals surface area contributed by atoms with Crippen LogP contribution < -0.4 is 5.32 Å². The Morgan fingerprint density at radius 3 is 2.73 bits per heavy atom. The van der Waals surface area contributed by atoms with Gasteiger partial charge in [-0.2, -0.15) is 0 Å². The molecule has 0 unspecified atom stereocenters. The van der Waals surface area contributed by atoms with Crippen LogP contribution in [0.25, 0.3) is 5.65 Å². The van der Waals surface area contributed by atoms with Crippen molar-refractivity contribution in [1.29, 1.82) is 0 Å². The minimum Gasteiger partial charge on any atom is -0.379 e. The first-order chi connectivity index (χ1) is 12.4. The fourth-order valence-electron chi connectivity index (χ4n) is 2.68. The third-order valence-electron chi connectivity index (χ3n) is 3.86. The number of hydrogen-bond donors (Lipinski definition) is 1. The van der Waals surface area contributed by atoms with Crippen LogP contribution in [0.5, 0.6) is 0 Å². The summed E-state index contributed by atoms with van der Waals surface area (Å²) in [5, 5.41) is 22.5. The van der Waals surface area contributed by atoms with Crippen LogP contribution in [0.2, 0.25) is 0 Å². The van der Waals surface area contributed by atoms with Crippen molar-refractivity contribution in [1.82, 2.24) is 14.6 Å². The Morgan fingerprint density at radius 1 is 1.19 bits per heavy atom. The number of benzene rings is 1. The van der Waals surface area contributed by atoms with Crippen LogP contribution in [0.4, 0.5) is 11.4 Å². The fourth-order valence-corrected chi connectivity index (χ4v) is 3.54. The summed E-state index contributed by atoms with van der Waals surface area (Å²) in [6.45, 7) is 0.426. The number of nitrogens with zero attached hydrogens (tertiary/aromatic N) is 4. The molecule has 0 saturated carbocycles. The topological polar surface area (TPSA) is 120 Å². The largest absolute Gasteiger partial charge is 0.379 e. The predicted octanol–water partition coefficient (Wildman–Crippen LogP) is 2.09. The lowest BCUT2D eigenvalue weighted by molar-refractivity contribution is -0.386. The second-order valence-electron chi connectivity index (χ2n) is 5.76. The van der Waals surface area contributed by atoms with E-state index in [-0.39, 0.29) is 10.6 Å². The van der Waals surface area contributed by atoms with Gasteiger partial charge in [-0.25, -0.2) is 8.42 Å². The van der Waals surface area contributed by atoms with Gasteiger partial charge < -0.3 is 5.32 Å². The first kappa shape index (κ1) is 17.8. The zero-order chi connectivity index (χ0) is 18.7. The lowest BCUT2D eigenvalue weighted by atomic mass is 10.2. The van der Waals surface area contributed by atoms with Gasteiger partial charge in [0.05, 0.1) is 4.92 Å². The summed E-state index contributed by atoms with van der Waals surface area (Å²) in [5.74, 6) is 0.793. The molecule has 0 radical (unpaired) electrons. The van der Waals surface area contributed by atoms with E-state index in [1.54, 1.807) is 0 Å². The number of aromatic nitrogens is 3. The van der Waals surface area contributed by atoms with Crippen LogP contribution >= 0.6 is 0 Å². The monoisotopic (exact) mass is 375 g/mol. The molecule has 10 heteroatoms. The van der Waals surface area contributed by atoms with E-state index in [2.05, 4.69) is 15.5 Å². The minimum atomic E-state index is -3.69. The van der Waals surface area contributed by atoms with E-state index < -0.39 is 20.4 Å². The number of sulfone groups is 1. The molecule has 0 bridgehead atoms. The molecule has 26 heavy (non-hydrogen) atoms. The number of anilines is 1. The molecular formula is C16H17N5O4S. The van der Waals surface area contributed by atoms with Crippen molar-refractivity contribution in [2.24, 2.45) is 0 Å². The number of aryl methyl sites for hydroxylation is 1. The van der Waals surface area contributed by atoms with Gasteiger partial charge >= 0.3 is 5.69 Å². The Labute approximate surface area is 149 Å². The van der Waals surface area contributed by atoms with Crippen LogP contribution in [0.15, 0.2) is 47.5 Å². The summed E-state index contributed by atoms with van der Waals surface area (Å²) < 4.78 is 25.4. The maximum absolute atomic E-state index is 11.8. The molecule has 1 aromatic carbocycles. The lowest BCUT2D eigenvalue weighted by Crippen LogP contribution is -2.09. The average molecular weight is 375 g/mol. The third-order valence-corrected chi connectivity index (χ3v) is 4.99.